The summed E-state index contributed by atoms with van der Waals surface area (Å²) in [6.45, 7) is 5.80. The molecule has 2 unspecified atom stereocenters. The Balaban J connectivity index is 1.50. The van der Waals surface area contributed by atoms with Crippen molar-refractivity contribution in [3.63, 3.8) is 0 Å². The van der Waals surface area contributed by atoms with Gasteiger partial charge in [0.25, 0.3) is 0 Å². The minimum absolute atomic E-state index is 0.0939. The minimum Gasteiger partial charge on any atom is -0.508 e. The number of phenols is 1. The van der Waals surface area contributed by atoms with E-state index >= 15 is 0 Å². The van der Waals surface area contributed by atoms with Crippen LogP contribution in [0.4, 0.5) is 4.79 Å². The van der Waals surface area contributed by atoms with Crippen LogP contribution in [-0.2, 0) is 6.42 Å². The Hall–Kier alpha value is -1.75. The second kappa shape index (κ2) is 5.93. The number of aryl methyl sites for hydroxylation is 1. The Morgan fingerprint density at radius 1 is 1.33 bits per heavy atom. The van der Waals surface area contributed by atoms with Crippen LogP contribution < -0.4 is 5.32 Å². The molecule has 2 aliphatic heterocycles. The first-order valence-electron chi connectivity index (χ1n) is 7.70. The summed E-state index contributed by atoms with van der Waals surface area (Å²) in [4.78, 5) is 16.0. The van der Waals surface area contributed by atoms with Crippen molar-refractivity contribution in [1.82, 2.24) is 15.1 Å². The molecule has 2 aliphatic rings. The molecule has 5 heteroatoms. The van der Waals surface area contributed by atoms with Gasteiger partial charge < -0.3 is 15.3 Å². The van der Waals surface area contributed by atoms with E-state index in [1.54, 1.807) is 12.1 Å². The van der Waals surface area contributed by atoms with Crippen molar-refractivity contribution in [2.75, 3.05) is 26.2 Å². The molecule has 2 N–H and O–H groups in total. The number of piperazine rings is 1. The molecular weight excluding hydrogens is 266 g/mol. The van der Waals surface area contributed by atoms with Gasteiger partial charge in [0.1, 0.15) is 5.75 Å². The highest BCUT2D eigenvalue weighted by Crippen LogP contribution is 2.19. The van der Waals surface area contributed by atoms with Crippen molar-refractivity contribution in [2.45, 2.75) is 31.8 Å². The Morgan fingerprint density at radius 2 is 2.10 bits per heavy atom. The average Bonchev–Trinajstić information content (AvgIpc) is 2.87. The zero-order chi connectivity index (χ0) is 14.8. The maximum atomic E-state index is 11.6. The van der Waals surface area contributed by atoms with Crippen LogP contribution in [0.5, 0.6) is 5.75 Å². The van der Waals surface area contributed by atoms with Crippen LogP contribution in [-0.4, -0.2) is 59.2 Å². The summed E-state index contributed by atoms with van der Waals surface area (Å²) in [5.74, 6) is 0.321. The fraction of sp³-hybridized carbons (Fsp3) is 0.562. The summed E-state index contributed by atoms with van der Waals surface area (Å²) < 4.78 is 0. The quantitative estimate of drug-likeness (QED) is 0.881. The van der Waals surface area contributed by atoms with Crippen molar-refractivity contribution < 1.29 is 9.90 Å². The molecule has 1 aromatic rings. The lowest BCUT2D eigenvalue weighted by Gasteiger charge is -2.39. The Labute approximate surface area is 125 Å². The molecule has 0 radical (unpaired) electrons. The number of carbonyl (C=O) groups is 1. The molecule has 2 heterocycles. The molecule has 0 spiro atoms. The van der Waals surface area contributed by atoms with Crippen LogP contribution in [0.25, 0.3) is 0 Å². The lowest BCUT2D eigenvalue weighted by atomic mass is 10.0. The molecule has 0 saturated carbocycles. The number of aromatic hydroxyl groups is 1. The summed E-state index contributed by atoms with van der Waals surface area (Å²) in [6.07, 6.45) is 2.11. The number of nitrogens with one attached hydrogen (secondary N) is 1. The fourth-order valence-electron chi connectivity index (χ4n) is 3.25. The number of hydrogen-bond acceptors (Lipinski definition) is 3. The fourth-order valence-corrected chi connectivity index (χ4v) is 3.25. The number of hydrogen-bond donors (Lipinski definition) is 2. The van der Waals surface area contributed by atoms with Gasteiger partial charge in [-0.3, -0.25) is 4.90 Å². The molecule has 0 aromatic heterocycles. The SMILES string of the molecule is CC(CCc1ccc(O)cc1)N1CCN2C(=O)NCC2C1. The predicted molar refractivity (Wildman–Crippen MR) is 81.4 cm³/mol. The number of rotatable bonds is 4. The van der Waals surface area contributed by atoms with Crippen LogP contribution >= 0.6 is 0 Å². The molecule has 2 atom stereocenters. The number of fused-ring (bicyclic) bond motifs is 1. The molecule has 2 fully saturated rings. The van der Waals surface area contributed by atoms with Crippen molar-refractivity contribution in [3.8, 4) is 5.75 Å². The standard InChI is InChI=1S/C16H23N3O2/c1-12(2-3-13-4-6-15(20)7-5-13)18-8-9-19-14(11-18)10-17-16(19)21/h4-7,12,14,20H,2-3,8-11H2,1H3,(H,17,21). The van der Waals surface area contributed by atoms with E-state index in [9.17, 15) is 9.90 Å². The Morgan fingerprint density at radius 3 is 2.86 bits per heavy atom. The third-order valence-electron chi connectivity index (χ3n) is 4.67. The topological polar surface area (TPSA) is 55.8 Å². The first-order valence-corrected chi connectivity index (χ1v) is 7.70. The zero-order valence-corrected chi connectivity index (χ0v) is 12.5. The summed E-state index contributed by atoms with van der Waals surface area (Å²) in [5, 5.41) is 12.2. The third-order valence-corrected chi connectivity index (χ3v) is 4.67. The lowest BCUT2D eigenvalue weighted by Crippen LogP contribution is -2.54. The van der Waals surface area contributed by atoms with E-state index in [4.69, 9.17) is 0 Å². The summed E-state index contributed by atoms with van der Waals surface area (Å²) in [7, 11) is 0. The number of urea groups is 1. The van der Waals surface area contributed by atoms with Crippen LogP contribution in [0.2, 0.25) is 0 Å². The second-order valence-corrected chi connectivity index (χ2v) is 6.08. The molecule has 21 heavy (non-hydrogen) atoms. The molecule has 0 aliphatic carbocycles. The zero-order valence-electron chi connectivity index (χ0n) is 12.5. The second-order valence-electron chi connectivity index (χ2n) is 6.08. The smallest absolute Gasteiger partial charge is 0.317 e. The molecule has 1 aromatic carbocycles. The van der Waals surface area contributed by atoms with Gasteiger partial charge in [0.2, 0.25) is 0 Å². The maximum absolute atomic E-state index is 11.6. The van der Waals surface area contributed by atoms with Crippen LogP contribution in [0.3, 0.4) is 0 Å². The summed E-state index contributed by atoms with van der Waals surface area (Å²) in [5.41, 5.74) is 1.26. The van der Waals surface area contributed by atoms with Gasteiger partial charge in [-0.2, -0.15) is 0 Å². The van der Waals surface area contributed by atoms with Gasteiger partial charge in [-0.25, -0.2) is 4.79 Å². The van der Waals surface area contributed by atoms with Crippen LogP contribution in [0.15, 0.2) is 24.3 Å². The van der Waals surface area contributed by atoms with E-state index in [1.165, 1.54) is 5.56 Å². The molecule has 3 rings (SSSR count). The van der Waals surface area contributed by atoms with Crippen LogP contribution in [0, 0.1) is 0 Å². The number of amides is 2. The predicted octanol–water partition coefficient (Wildman–Crippen LogP) is 1.42. The van der Waals surface area contributed by atoms with Gasteiger partial charge in [0, 0.05) is 32.2 Å². The van der Waals surface area contributed by atoms with Gasteiger partial charge in [-0.1, -0.05) is 12.1 Å². The first-order chi connectivity index (χ1) is 10.1. The van der Waals surface area contributed by atoms with Crippen molar-refractivity contribution in [1.29, 1.82) is 0 Å². The van der Waals surface area contributed by atoms with Crippen LogP contribution in [0.1, 0.15) is 18.9 Å². The Kier molecular flexibility index (Phi) is 4.01. The first kappa shape index (κ1) is 14.2. The van der Waals surface area contributed by atoms with Gasteiger partial charge in [0.15, 0.2) is 0 Å². The van der Waals surface area contributed by atoms with E-state index in [2.05, 4.69) is 17.1 Å². The van der Waals surface area contributed by atoms with Gasteiger partial charge in [0.05, 0.1) is 6.04 Å². The highest BCUT2D eigenvalue weighted by atomic mass is 16.3. The summed E-state index contributed by atoms with van der Waals surface area (Å²) >= 11 is 0. The molecule has 2 amide bonds. The van der Waals surface area contributed by atoms with Gasteiger partial charge >= 0.3 is 6.03 Å². The number of nitrogens with zero attached hydrogens (tertiary/aromatic N) is 2. The van der Waals surface area contributed by atoms with Crippen molar-refractivity contribution >= 4 is 6.03 Å². The molecule has 5 nitrogen and oxygen atoms in total. The largest absolute Gasteiger partial charge is 0.508 e. The normalized spacial score (nSPS) is 23.8. The lowest BCUT2D eigenvalue weighted by molar-refractivity contribution is 0.0909. The minimum atomic E-state index is 0.0939. The maximum Gasteiger partial charge on any atom is 0.317 e. The number of carbonyl (C=O) groups excluding carboxylic acids is 1. The van der Waals surface area contributed by atoms with Gasteiger partial charge in [-0.05, 0) is 37.5 Å². The molecule has 2 saturated heterocycles. The molecule has 0 bridgehead atoms. The van der Waals surface area contributed by atoms with Crippen molar-refractivity contribution in [3.05, 3.63) is 29.8 Å². The number of benzene rings is 1. The Bertz CT molecular complexity index is 503. The van der Waals surface area contributed by atoms with E-state index in [0.29, 0.717) is 17.8 Å². The monoisotopic (exact) mass is 289 g/mol. The third kappa shape index (κ3) is 3.13. The number of phenolic OH excluding ortho intramolecular Hbond substituents is 1. The van der Waals surface area contributed by atoms with E-state index in [0.717, 1.165) is 39.0 Å². The van der Waals surface area contributed by atoms with E-state index < -0.39 is 0 Å². The summed E-state index contributed by atoms with van der Waals surface area (Å²) in [6, 6.07) is 8.40. The van der Waals surface area contributed by atoms with E-state index in [-0.39, 0.29) is 6.03 Å². The van der Waals surface area contributed by atoms with E-state index in [1.807, 2.05) is 17.0 Å². The van der Waals surface area contributed by atoms with Crippen molar-refractivity contribution in [2.24, 2.45) is 0 Å². The highest BCUT2D eigenvalue weighted by Gasteiger charge is 2.36. The van der Waals surface area contributed by atoms with Gasteiger partial charge in [-0.15, -0.1) is 0 Å². The molecule has 114 valence electrons. The average molecular weight is 289 g/mol. The molecular formula is C16H23N3O2. The highest BCUT2D eigenvalue weighted by molar-refractivity contribution is 5.77.